The molecule has 1 fully saturated rings. The number of carboxylic acid groups (broad SMARTS) is 1. The number of nitrogens with zero attached hydrogens (tertiary/aromatic N) is 1. The van der Waals surface area contributed by atoms with Gasteiger partial charge >= 0.3 is 5.97 Å². The molecule has 2 N–H and O–H groups in total. The van der Waals surface area contributed by atoms with Crippen molar-refractivity contribution in [2.24, 2.45) is 5.92 Å². The Morgan fingerprint density at radius 1 is 0.914 bits per heavy atom. The number of hydrogen-bond donors (Lipinski definition) is 2. The first kappa shape index (κ1) is 26.8. The van der Waals surface area contributed by atoms with Crippen LogP contribution in [-0.2, 0) is 17.8 Å². The van der Waals surface area contributed by atoms with Gasteiger partial charge in [0, 0.05) is 12.1 Å². The van der Waals surface area contributed by atoms with Crippen molar-refractivity contribution in [1.29, 1.82) is 0 Å². The molecule has 0 radical (unpaired) electrons. The average molecular weight is 480 g/mol. The lowest BCUT2D eigenvalue weighted by Crippen LogP contribution is -2.30. The van der Waals surface area contributed by atoms with Gasteiger partial charge in [-0.25, -0.2) is 4.79 Å². The van der Waals surface area contributed by atoms with Gasteiger partial charge in [-0.15, -0.1) is 0 Å². The number of amides is 1. The van der Waals surface area contributed by atoms with Crippen LogP contribution in [0, 0.1) is 5.92 Å². The molecule has 35 heavy (non-hydrogen) atoms. The largest absolute Gasteiger partial charge is 0.507 e. The summed E-state index contributed by atoms with van der Waals surface area (Å²) in [6.07, 6.45) is 14.9. The second-order valence-corrected chi connectivity index (χ2v) is 10.0. The molecule has 5 nitrogen and oxygen atoms in total. The first-order valence-corrected chi connectivity index (χ1v) is 13.4. The van der Waals surface area contributed by atoms with Crippen molar-refractivity contribution in [3.8, 4) is 5.75 Å². The number of aromatic hydroxyl groups is 1. The molecular formula is C30H41NO4. The van der Waals surface area contributed by atoms with Crippen molar-refractivity contribution in [2.75, 3.05) is 4.90 Å². The van der Waals surface area contributed by atoms with Gasteiger partial charge in [0.15, 0.2) is 0 Å². The molecular weight excluding hydrogens is 438 g/mol. The monoisotopic (exact) mass is 479 g/mol. The maximum absolute atomic E-state index is 13.3. The highest BCUT2D eigenvalue weighted by Crippen LogP contribution is 2.30. The minimum Gasteiger partial charge on any atom is -0.507 e. The molecule has 1 saturated carbocycles. The molecule has 0 aromatic heterocycles. The lowest BCUT2D eigenvalue weighted by Gasteiger charge is -2.24. The number of unbranched alkanes of at least 4 members (excludes halogenated alkanes) is 5. The summed E-state index contributed by atoms with van der Waals surface area (Å²) in [5.41, 5.74) is 2.63. The molecule has 0 saturated heterocycles. The minimum atomic E-state index is -1.21. The quantitative estimate of drug-likeness (QED) is 0.275. The molecule has 0 atom stereocenters. The molecule has 190 valence electrons. The fraction of sp³-hybridized carbons (Fsp3) is 0.533. The van der Waals surface area contributed by atoms with E-state index < -0.39 is 5.97 Å². The summed E-state index contributed by atoms with van der Waals surface area (Å²) in [4.78, 5) is 26.5. The molecule has 0 bridgehead atoms. The predicted octanol–water partition coefficient (Wildman–Crippen LogP) is 7.50. The Morgan fingerprint density at radius 3 is 2.26 bits per heavy atom. The summed E-state index contributed by atoms with van der Waals surface area (Å²) in [5, 5.41) is 19.4. The molecule has 1 aliphatic carbocycles. The molecule has 5 heteroatoms. The van der Waals surface area contributed by atoms with Crippen LogP contribution in [0.15, 0.2) is 42.5 Å². The van der Waals surface area contributed by atoms with Crippen LogP contribution < -0.4 is 4.90 Å². The van der Waals surface area contributed by atoms with E-state index in [2.05, 4.69) is 31.2 Å². The summed E-state index contributed by atoms with van der Waals surface area (Å²) in [7, 11) is 0. The van der Waals surface area contributed by atoms with Gasteiger partial charge < -0.3 is 15.1 Å². The average Bonchev–Trinajstić information content (AvgIpc) is 3.38. The van der Waals surface area contributed by atoms with Crippen molar-refractivity contribution >= 4 is 17.6 Å². The Labute approximate surface area is 210 Å². The smallest absolute Gasteiger partial charge is 0.339 e. The third-order valence-corrected chi connectivity index (χ3v) is 7.25. The summed E-state index contributed by atoms with van der Waals surface area (Å²) in [5.74, 6) is -0.896. The van der Waals surface area contributed by atoms with Gasteiger partial charge in [0.2, 0.25) is 5.91 Å². The van der Waals surface area contributed by atoms with Crippen LogP contribution in [0.4, 0.5) is 5.69 Å². The topological polar surface area (TPSA) is 77.8 Å². The Kier molecular flexibility index (Phi) is 10.6. The highest BCUT2D eigenvalue weighted by Gasteiger charge is 2.22. The van der Waals surface area contributed by atoms with Crippen molar-refractivity contribution in [3.63, 3.8) is 0 Å². The summed E-state index contributed by atoms with van der Waals surface area (Å²) in [6.45, 7) is 2.61. The summed E-state index contributed by atoms with van der Waals surface area (Å²) in [6, 6.07) is 12.8. The van der Waals surface area contributed by atoms with Crippen LogP contribution in [0.5, 0.6) is 5.75 Å². The fourth-order valence-electron chi connectivity index (χ4n) is 5.05. The van der Waals surface area contributed by atoms with Crippen molar-refractivity contribution in [2.45, 2.75) is 96.9 Å². The molecule has 3 rings (SSSR count). The minimum absolute atomic E-state index is 0.00455. The van der Waals surface area contributed by atoms with Gasteiger partial charge in [-0.3, -0.25) is 4.79 Å². The molecule has 0 heterocycles. The van der Waals surface area contributed by atoms with E-state index in [0.29, 0.717) is 24.6 Å². The van der Waals surface area contributed by atoms with Crippen LogP contribution in [0.3, 0.4) is 0 Å². The second kappa shape index (κ2) is 13.9. The Hall–Kier alpha value is -2.82. The zero-order valence-corrected chi connectivity index (χ0v) is 21.2. The molecule has 0 spiro atoms. The van der Waals surface area contributed by atoms with E-state index in [9.17, 15) is 19.8 Å². The molecule has 0 aliphatic heterocycles. The van der Waals surface area contributed by atoms with E-state index in [4.69, 9.17) is 0 Å². The third-order valence-electron chi connectivity index (χ3n) is 7.25. The van der Waals surface area contributed by atoms with Gasteiger partial charge in [-0.1, -0.05) is 89.0 Å². The fourth-order valence-corrected chi connectivity index (χ4v) is 5.05. The van der Waals surface area contributed by atoms with E-state index in [1.807, 2.05) is 0 Å². The standard InChI is InChI=1S/C30H41NO4/c1-2-3-4-5-6-7-10-24-13-15-25(16-14-24)22-31(29(33)20-17-23-11-8-9-12-23)26-18-19-28(32)27(21-26)30(34)35/h13-16,18-19,21,23,32H,2-12,17,20,22H2,1H3,(H,34,35). The summed E-state index contributed by atoms with van der Waals surface area (Å²) < 4.78 is 0. The van der Waals surface area contributed by atoms with Crippen LogP contribution >= 0.6 is 0 Å². The van der Waals surface area contributed by atoms with Crippen molar-refractivity contribution in [3.05, 3.63) is 59.2 Å². The first-order valence-electron chi connectivity index (χ1n) is 13.4. The SMILES string of the molecule is CCCCCCCCc1ccc(CN(C(=O)CCC2CCCC2)c2ccc(O)c(C(=O)O)c2)cc1. The van der Waals surface area contributed by atoms with E-state index in [0.717, 1.165) is 18.4 Å². The Balaban J connectivity index is 1.67. The number of anilines is 1. The summed E-state index contributed by atoms with van der Waals surface area (Å²) >= 11 is 0. The van der Waals surface area contributed by atoms with Gasteiger partial charge in [0.05, 0.1) is 6.54 Å². The van der Waals surface area contributed by atoms with Crippen LogP contribution in [0.2, 0.25) is 0 Å². The molecule has 2 aromatic rings. The molecule has 1 amide bonds. The van der Waals surface area contributed by atoms with Crippen molar-refractivity contribution < 1.29 is 19.8 Å². The Morgan fingerprint density at radius 2 is 1.57 bits per heavy atom. The van der Waals surface area contributed by atoms with Crippen LogP contribution in [0.1, 0.15) is 105 Å². The maximum atomic E-state index is 13.3. The molecule has 0 unspecified atom stereocenters. The van der Waals surface area contributed by atoms with Crippen LogP contribution in [0.25, 0.3) is 0 Å². The number of carboxylic acids is 1. The van der Waals surface area contributed by atoms with Crippen LogP contribution in [-0.4, -0.2) is 22.1 Å². The number of hydrogen-bond acceptors (Lipinski definition) is 3. The highest BCUT2D eigenvalue weighted by molar-refractivity contribution is 5.97. The van der Waals surface area contributed by atoms with Gasteiger partial charge in [-0.05, 0) is 54.5 Å². The first-order chi connectivity index (χ1) is 17.0. The number of carbonyl (C=O) groups excluding carboxylic acids is 1. The third kappa shape index (κ3) is 8.41. The molecule has 1 aliphatic rings. The predicted molar refractivity (Wildman–Crippen MR) is 141 cm³/mol. The van der Waals surface area contributed by atoms with E-state index in [-0.39, 0.29) is 17.2 Å². The second-order valence-electron chi connectivity index (χ2n) is 10.0. The number of aromatic carboxylic acids is 1. The van der Waals surface area contributed by atoms with Gasteiger partial charge in [-0.2, -0.15) is 0 Å². The number of benzene rings is 2. The molecule has 2 aromatic carbocycles. The Bertz CT molecular complexity index is 947. The number of aryl methyl sites for hydroxylation is 1. The lowest BCUT2D eigenvalue weighted by atomic mass is 10.0. The van der Waals surface area contributed by atoms with Crippen molar-refractivity contribution in [1.82, 2.24) is 0 Å². The number of rotatable bonds is 14. The van der Waals surface area contributed by atoms with E-state index in [1.54, 1.807) is 11.0 Å². The number of phenols is 1. The van der Waals surface area contributed by atoms with E-state index in [1.165, 1.54) is 81.9 Å². The van der Waals surface area contributed by atoms with Gasteiger partial charge in [0.1, 0.15) is 11.3 Å². The zero-order chi connectivity index (χ0) is 25.0. The lowest BCUT2D eigenvalue weighted by molar-refractivity contribution is -0.119. The zero-order valence-electron chi connectivity index (χ0n) is 21.2. The van der Waals surface area contributed by atoms with E-state index >= 15 is 0 Å². The van der Waals surface area contributed by atoms with Gasteiger partial charge in [0.25, 0.3) is 0 Å². The highest BCUT2D eigenvalue weighted by atomic mass is 16.4. The maximum Gasteiger partial charge on any atom is 0.339 e. The normalized spacial score (nSPS) is 13.7. The number of carbonyl (C=O) groups is 2.